The van der Waals surface area contributed by atoms with Crippen LogP contribution in [0.3, 0.4) is 0 Å². The van der Waals surface area contributed by atoms with Crippen molar-refractivity contribution in [2.45, 2.75) is 13.8 Å². The summed E-state index contributed by atoms with van der Waals surface area (Å²) in [6, 6.07) is 9.94. The summed E-state index contributed by atoms with van der Waals surface area (Å²) in [5, 5.41) is 4.93. The number of carbonyl (C=O) groups is 3. The zero-order valence-corrected chi connectivity index (χ0v) is 20.0. The normalized spacial score (nSPS) is 10.0. The number of hydrazine groups is 1. The van der Waals surface area contributed by atoms with Gasteiger partial charge in [0.1, 0.15) is 5.75 Å². The van der Waals surface area contributed by atoms with Crippen molar-refractivity contribution in [2.75, 3.05) is 11.9 Å². The van der Waals surface area contributed by atoms with E-state index in [2.05, 4.69) is 53.3 Å². The van der Waals surface area contributed by atoms with Crippen molar-refractivity contribution in [3.05, 3.63) is 56.5 Å². The highest BCUT2D eigenvalue weighted by atomic mass is 79.9. The first-order valence-corrected chi connectivity index (χ1v) is 10.5. The quantitative estimate of drug-likeness (QED) is 0.332. The van der Waals surface area contributed by atoms with Crippen LogP contribution in [0, 0.1) is 6.92 Å². The Kier molecular flexibility index (Phi) is 8.75. The first-order valence-electron chi connectivity index (χ1n) is 8.52. The van der Waals surface area contributed by atoms with E-state index in [1.807, 2.05) is 19.1 Å². The van der Waals surface area contributed by atoms with Gasteiger partial charge < -0.3 is 10.1 Å². The standard InChI is InChI=1S/C19H18Br2N4O4S/c1-10-7-13(20)8-15(21)17(10)29-9-16(27)23-19(30)25-24-18(28)12-3-5-14(6-4-12)22-11(2)26/h3-8H,9H2,1-2H3,(H,22,26)(H,24,28)(H2,23,25,27,30). The van der Waals surface area contributed by atoms with Crippen LogP contribution < -0.4 is 26.2 Å². The molecule has 0 saturated heterocycles. The number of halogens is 2. The fourth-order valence-electron chi connectivity index (χ4n) is 2.30. The second-order valence-corrected chi connectivity index (χ2v) is 8.22. The molecule has 0 aliphatic rings. The van der Waals surface area contributed by atoms with Crippen LogP contribution in [-0.4, -0.2) is 29.4 Å². The zero-order valence-electron chi connectivity index (χ0n) is 16.0. The Morgan fingerprint density at radius 3 is 2.33 bits per heavy atom. The van der Waals surface area contributed by atoms with Crippen LogP contribution in [0.5, 0.6) is 5.75 Å². The summed E-state index contributed by atoms with van der Waals surface area (Å²) in [6.45, 7) is 2.98. The first kappa shape index (κ1) is 23.8. The summed E-state index contributed by atoms with van der Waals surface area (Å²) in [7, 11) is 0. The average Bonchev–Trinajstić information content (AvgIpc) is 2.65. The molecule has 30 heavy (non-hydrogen) atoms. The van der Waals surface area contributed by atoms with E-state index in [9.17, 15) is 14.4 Å². The van der Waals surface area contributed by atoms with Gasteiger partial charge in [-0.1, -0.05) is 15.9 Å². The Morgan fingerprint density at radius 2 is 1.73 bits per heavy atom. The van der Waals surface area contributed by atoms with E-state index >= 15 is 0 Å². The van der Waals surface area contributed by atoms with Gasteiger partial charge in [0.2, 0.25) is 5.91 Å². The van der Waals surface area contributed by atoms with Gasteiger partial charge in [-0.05, 0) is 77.0 Å². The second-order valence-electron chi connectivity index (χ2n) is 6.04. The lowest BCUT2D eigenvalue weighted by atomic mass is 10.2. The lowest BCUT2D eigenvalue weighted by Crippen LogP contribution is -2.49. The van der Waals surface area contributed by atoms with E-state index in [1.54, 1.807) is 12.1 Å². The van der Waals surface area contributed by atoms with Gasteiger partial charge in [-0.15, -0.1) is 0 Å². The zero-order chi connectivity index (χ0) is 22.3. The Balaban J connectivity index is 1.79. The average molecular weight is 558 g/mol. The predicted molar refractivity (Wildman–Crippen MR) is 124 cm³/mol. The minimum Gasteiger partial charge on any atom is -0.482 e. The highest BCUT2D eigenvalue weighted by Gasteiger charge is 2.12. The molecular formula is C19H18Br2N4O4S. The van der Waals surface area contributed by atoms with Crippen molar-refractivity contribution in [2.24, 2.45) is 0 Å². The molecule has 4 N–H and O–H groups in total. The molecule has 0 unspecified atom stereocenters. The van der Waals surface area contributed by atoms with Crippen molar-refractivity contribution in [3.8, 4) is 5.75 Å². The van der Waals surface area contributed by atoms with Crippen molar-refractivity contribution in [3.63, 3.8) is 0 Å². The minimum absolute atomic E-state index is 0.0848. The number of ether oxygens (including phenoxy) is 1. The Labute approximate surface area is 195 Å². The molecule has 0 radical (unpaired) electrons. The molecule has 158 valence electrons. The van der Waals surface area contributed by atoms with E-state index < -0.39 is 11.8 Å². The number of rotatable bonds is 5. The Hall–Kier alpha value is -2.50. The molecule has 0 heterocycles. The molecule has 0 aliphatic carbocycles. The SMILES string of the molecule is CC(=O)Nc1ccc(C(=O)NNC(=S)NC(=O)COc2c(C)cc(Br)cc2Br)cc1. The lowest BCUT2D eigenvalue weighted by Gasteiger charge is -2.13. The van der Waals surface area contributed by atoms with Crippen LogP contribution in [0.4, 0.5) is 5.69 Å². The third kappa shape index (κ3) is 7.39. The topological polar surface area (TPSA) is 109 Å². The number of thiocarbonyl (C=S) groups is 1. The fraction of sp³-hybridized carbons (Fsp3) is 0.158. The monoisotopic (exact) mass is 556 g/mol. The molecule has 0 atom stereocenters. The van der Waals surface area contributed by atoms with Crippen LogP contribution in [0.2, 0.25) is 0 Å². The summed E-state index contributed by atoms with van der Waals surface area (Å²) in [6.07, 6.45) is 0. The summed E-state index contributed by atoms with van der Waals surface area (Å²) in [5.41, 5.74) is 6.58. The summed E-state index contributed by atoms with van der Waals surface area (Å²) < 4.78 is 7.13. The van der Waals surface area contributed by atoms with Gasteiger partial charge in [0.25, 0.3) is 11.8 Å². The van der Waals surface area contributed by atoms with Crippen LogP contribution in [0.1, 0.15) is 22.8 Å². The molecule has 8 nitrogen and oxygen atoms in total. The van der Waals surface area contributed by atoms with E-state index in [0.29, 0.717) is 21.5 Å². The molecular weight excluding hydrogens is 540 g/mol. The number of hydrogen-bond donors (Lipinski definition) is 4. The number of carbonyl (C=O) groups excluding carboxylic acids is 3. The minimum atomic E-state index is -0.490. The highest BCUT2D eigenvalue weighted by Crippen LogP contribution is 2.32. The predicted octanol–water partition coefficient (Wildman–Crippen LogP) is 3.19. The number of hydrogen-bond acceptors (Lipinski definition) is 5. The number of nitrogens with one attached hydrogen (secondary N) is 4. The van der Waals surface area contributed by atoms with Gasteiger partial charge in [-0.2, -0.15) is 0 Å². The van der Waals surface area contributed by atoms with Gasteiger partial charge in [0, 0.05) is 22.6 Å². The number of benzene rings is 2. The van der Waals surface area contributed by atoms with E-state index in [0.717, 1.165) is 10.0 Å². The molecule has 0 spiro atoms. The van der Waals surface area contributed by atoms with Gasteiger partial charge in [0.15, 0.2) is 11.7 Å². The fourth-order valence-corrected chi connectivity index (χ4v) is 4.02. The first-order chi connectivity index (χ1) is 14.2. The number of amides is 3. The third-order valence-corrected chi connectivity index (χ3v) is 4.80. The Bertz CT molecular complexity index is 960. The molecule has 2 aromatic rings. The summed E-state index contributed by atoms with van der Waals surface area (Å²) in [4.78, 5) is 35.1. The number of anilines is 1. The van der Waals surface area contributed by atoms with Crippen LogP contribution in [0.25, 0.3) is 0 Å². The van der Waals surface area contributed by atoms with Gasteiger partial charge in [0.05, 0.1) is 4.47 Å². The maximum Gasteiger partial charge on any atom is 0.269 e. The smallest absolute Gasteiger partial charge is 0.269 e. The molecule has 0 aromatic heterocycles. The van der Waals surface area contributed by atoms with E-state index in [-0.39, 0.29) is 17.6 Å². The molecule has 2 aromatic carbocycles. The highest BCUT2D eigenvalue weighted by molar-refractivity contribution is 9.11. The van der Waals surface area contributed by atoms with Gasteiger partial charge in [-0.3, -0.25) is 30.6 Å². The molecule has 3 amide bonds. The molecule has 11 heteroatoms. The Morgan fingerprint density at radius 1 is 1.07 bits per heavy atom. The van der Waals surface area contributed by atoms with Gasteiger partial charge in [-0.25, -0.2) is 0 Å². The van der Waals surface area contributed by atoms with E-state index in [4.69, 9.17) is 17.0 Å². The van der Waals surface area contributed by atoms with Crippen LogP contribution in [-0.2, 0) is 9.59 Å². The maximum absolute atomic E-state index is 12.1. The van der Waals surface area contributed by atoms with Gasteiger partial charge >= 0.3 is 0 Å². The molecule has 0 aliphatic heterocycles. The molecule has 0 saturated carbocycles. The van der Waals surface area contributed by atoms with Crippen molar-refractivity contribution < 1.29 is 19.1 Å². The maximum atomic E-state index is 12.1. The van der Waals surface area contributed by atoms with Crippen molar-refractivity contribution in [1.82, 2.24) is 16.2 Å². The summed E-state index contributed by atoms with van der Waals surface area (Å²) >= 11 is 11.8. The molecule has 0 bridgehead atoms. The molecule has 2 rings (SSSR count). The lowest BCUT2D eigenvalue weighted by molar-refractivity contribution is -0.121. The van der Waals surface area contributed by atoms with E-state index in [1.165, 1.54) is 19.1 Å². The van der Waals surface area contributed by atoms with Crippen LogP contribution in [0.15, 0.2) is 45.3 Å². The molecule has 0 fully saturated rings. The van der Waals surface area contributed by atoms with Crippen molar-refractivity contribution in [1.29, 1.82) is 0 Å². The number of aryl methyl sites for hydroxylation is 1. The summed E-state index contributed by atoms with van der Waals surface area (Å²) in [5.74, 6) is -0.618. The largest absolute Gasteiger partial charge is 0.482 e. The van der Waals surface area contributed by atoms with Crippen LogP contribution >= 0.6 is 44.1 Å². The third-order valence-electron chi connectivity index (χ3n) is 3.55. The second kappa shape index (κ2) is 11.0. The van der Waals surface area contributed by atoms with Crippen molar-refractivity contribution >= 4 is 72.6 Å².